The molecule has 2 aliphatic rings. The molecule has 0 amide bonds. The van der Waals surface area contributed by atoms with Gasteiger partial charge in [0.15, 0.2) is 0 Å². The monoisotopic (exact) mass is 323 g/mol. The summed E-state index contributed by atoms with van der Waals surface area (Å²) in [7, 11) is 0. The smallest absolute Gasteiger partial charge is 0.136 e. The zero-order valence-corrected chi connectivity index (χ0v) is 13.7. The largest absolute Gasteiger partial charge is 0.348 e. The zero-order valence-electron chi connectivity index (χ0n) is 13.7. The molecule has 2 heteroatoms. The van der Waals surface area contributed by atoms with Gasteiger partial charge in [0.1, 0.15) is 11.2 Å². The molecular formula is C23H17NO. The molecule has 2 aliphatic heterocycles. The standard InChI is InChI=1S/C23H17NO/c24-16-19-15-22(17-9-3-1-4-10-17)20-13-7-8-14-21(20)23(19,25-22)18-11-5-2-6-12-18/h1-14,19H,15H2. The van der Waals surface area contributed by atoms with Gasteiger partial charge < -0.3 is 4.74 Å². The van der Waals surface area contributed by atoms with Gasteiger partial charge in [0.05, 0.1) is 12.0 Å². The number of hydrogen-bond donors (Lipinski definition) is 0. The van der Waals surface area contributed by atoms with Gasteiger partial charge in [-0.05, 0) is 22.3 Å². The molecule has 0 N–H and O–H groups in total. The Morgan fingerprint density at radius 3 is 1.96 bits per heavy atom. The summed E-state index contributed by atoms with van der Waals surface area (Å²) < 4.78 is 6.87. The van der Waals surface area contributed by atoms with Crippen LogP contribution in [0.25, 0.3) is 0 Å². The van der Waals surface area contributed by atoms with Crippen LogP contribution >= 0.6 is 0 Å². The van der Waals surface area contributed by atoms with Gasteiger partial charge in [0.25, 0.3) is 0 Å². The van der Waals surface area contributed by atoms with Crippen LogP contribution in [0.4, 0.5) is 0 Å². The van der Waals surface area contributed by atoms with Crippen LogP contribution in [0.1, 0.15) is 28.7 Å². The molecule has 3 aromatic rings. The highest BCUT2D eigenvalue weighted by molar-refractivity contribution is 5.57. The molecule has 5 rings (SSSR count). The summed E-state index contributed by atoms with van der Waals surface area (Å²) in [6.07, 6.45) is 0.680. The number of benzene rings is 3. The maximum absolute atomic E-state index is 9.97. The van der Waals surface area contributed by atoms with Crippen molar-refractivity contribution in [2.45, 2.75) is 17.6 Å². The highest BCUT2D eigenvalue weighted by atomic mass is 16.5. The summed E-state index contributed by atoms with van der Waals surface area (Å²) in [5, 5.41) is 9.97. The first-order chi connectivity index (χ1) is 12.3. The molecule has 0 aromatic heterocycles. The number of rotatable bonds is 2. The minimum absolute atomic E-state index is 0.218. The van der Waals surface area contributed by atoms with Gasteiger partial charge >= 0.3 is 0 Å². The minimum Gasteiger partial charge on any atom is -0.348 e. The van der Waals surface area contributed by atoms with Gasteiger partial charge in [-0.2, -0.15) is 5.26 Å². The van der Waals surface area contributed by atoms with E-state index in [9.17, 15) is 5.26 Å². The van der Waals surface area contributed by atoms with E-state index in [1.807, 2.05) is 42.5 Å². The van der Waals surface area contributed by atoms with Crippen molar-refractivity contribution in [3.8, 4) is 6.07 Å². The van der Waals surface area contributed by atoms with Gasteiger partial charge in [0.2, 0.25) is 0 Å². The van der Waals surface area contributed by atoms with E-state index in [-0.39, 0.29) is 5.92 Å². The quantitative estimate of drug-likeness (QED) is 0.682. The van der Waals surface area contributed by atoms with E-state index in [2.05, 4.69) is 48.5 Å². The van der Waals surface area contributed by atoms with Crippen molar-refractivity contribution < 1.29 is 4.74 Å². The Kier molecular flexibility index (Phi) is 2.92. The maximum Gasteiger partial charge on any atom is 0.136 e. The van der Waals surface area contributed by atoms with Crippen LogP contribution in [0.5, 0.6) is 0 Å². The van der Waals surface area contributed by atoms with E-state index < -0.39 is 11.2 Å². The predicted molar refractivity (Wildman–Crippen MR) is 95.7 cm³/mol. The summed E-state index contributed by atoms with van der Waals surface area (Å²) in [5.74, 6) is -0.218. The first kappa shape index (κ1) is 14.5. The molecule has 3 aromatic carbocycles. The fourth-order valence-electron chi connectivity index (χ4n) is 4.66. The SMILES string of the molecule is N#CC1CC2(c3ccccc3)OC1(c1ccccc1)c1ccccc12. The number of nitriles is 1. The summed E-state index contributed by atoms with van der Waals surface area (Å²) in [4.78, 5) is 0. The second-order valence-electron chi connectivity index (χ2n) is 6.83. The Bertz CT molecular complexity index is 976. The van der Waals surface area contributed by atoms with E-state index in [0.29, 0.717) is 6.42 Å². The van der Waals surface area contributed by atoms with Crippen LogP contribution in [0, 0.1) is 17.2 Å². The van der Waals surface area contributed by atoms with Crippen LogP contribution in [0.15, 0.2) is 84.9 Å². The lowest BCUT2D eigenvalue weighted by Crippen LogP contribution is -2.32. The van der Waals surface area contributed by atoms with Crippen LogP contribution in [-0.2, 0) is 15.9 Å². The van der Waals surface area contributed by atoms with E-state index >= 15 is 0 Å². The molecule has 2 heterocycles. The lowest BCUT2D eigenvalue weighted by Gasteiger charge is -2.31. The van der Waals surface area contributed by atoms with Crippen LogP contribution in [0.3, 0.4) is 0 Å². The lowest BCUT2D eigenvalue weighted by atomic mass is 9.66. The molecular weight excluding hydrogens is 306 g/mol. The first-order valence-electron chi connectivity index (χ1n) is 8.62. The van der Waals surface area contributed by atoms with Crippen molar-refractivity contribution >= 4 is 0 Å². The first-order valence-corrected chi connectivity index (χ1v) is 8.62. The molecule has 1 saturated heterocycles. The molecule has 0 saturated carbocycles. The van der Waals surface area contributed by atoms with E-state index in [4.69, 9.17) is 4.74 Å². The predicted octanol–water partition coefficient (Wildman–Crippen LogP) is 4.75. The van der Waals surface area contributed by atoms with Gasteiger partial charge in [-0.3, -0.25) is 0 Å². The summed E-state index contributed by atoms with van der Waals surface area (Å²) in [5.41, 5.74) is 3.26. The fraction of sp³-hybridized carbons (Fsp3) is 0.174. The fourth-order valence-corrected chi connectivity index (χ4v) is 4.66. The normalized spacial score (nSPS) is 29.2. The Morgan fingerprint density at radius 1 is 0.760 bits per heavy atom. The summed E-state index contributed by atoms with van der Waals surface area (Å²) >= 11 is 0. The number of fused-ring (bicyclic) bond motifs is 5. The van der Waals surface area contributed by atoms with Crippen LogP contribution in [0.2, 0.25) is 0 Å². The van der Waals surface area contributed by atoms with Gasteiger partial charge in [-0.25, -0.2) is 0 Å². The number of hydrogen-bond acceptors (Lipinski definition) is 2. The molecule has 0 aliphatic carbocycles. The van der Waals surface area contributed by atoms with Crippen molar-refractivity contribution in [2.75, 3.05) is 0 Å². The third-order valence-corrected chi connectivity index (χ3v) is 5.68. The molecule has 3 unspecified atom stereocenters. The van der Waals surface area contributed by atoms with Gasteiger partial charge in [0, 0.05) is 6.42 Å². The molecule has 1 fully saturated rings. The Hall–Kier alpha value is -2.89. The van der Waals surface area contributed by atoms with Crippen LogP contribution < -0.4 is 0 Å². The molecule has 0 radical (unpaired) electrons. The Balaban J connectivity index is 1.84. The maximum atomic E-state index is 9.97. The third-order valence-electron chi connectivity index (χ3n) is 5.68. The average Bonchev–Trinajstić information content (AvgIpc) is 3.21. The van der Waals surface area contributed by atoms with Crippen molar-refractivity contribution in [3.63, 3.8) is 0 Å². The number of ether oxygens (including phenoxy) is 1. The third kappa shape index (κ3) is 1.71. The Morgan fingerprint density at radius 2 is 1.32 bits per heavy atom. The van der Waals surface area contributed by atoms with Crippen molar-refractivity contribution in [3.05, 3.63) is 107 Å². The molecule has 0 spiro atoms. The molecule has 3 atom stereocenters. The van der Waals surface area contributed by atoms with E-state index in [1.165, 1.54) is 5.56 Å². The van der Waals surface area contributed by atoms with Gasteiger partial charge in [-0.1, -0.05) is 84.9 Å². The molecule has 2 nitrogen and oxygen atoms in total. The summed E-state index contributed by atoms with van der Waals surface area (Å²) in [6, 6.07) is 31.4. The second-order valence-corrected chi connectivity index (χ2v) is 6.83. The zero-order chi connectivity index (χ0) is 16.9. The van der Waals surface area contributed by atoms with Crippen molar-refractivity contribution in [1.29, 1.82) is 5.26 Å². The highest BCUT2D eigenvalue weighted by Gasteiger charge is 2.66. The van der Waals surface area contributed by atoms with E-state index in [1.54, 1.807) is 0 Å². The van der Waals surface area contributed by atoms with E-state index in [0.717, 1.165) is 16.7 Å². The lowest BCUT2D eigenvalue weighted by molar-refractivity contribution is -0.0464. The second kappa shape index (κ2) is 5.05. The summed E-state index contributed by atoms with van der Waals surface area (Å²) in [6.45, 7) is 0. The molecule has 2 bridgehead atoms. The molecule has 25 heavy (non-hydrogen) atoms. The number of nitrogens with zero attached hydrogens (tertiary/aromatic N) is 1. The Labute approximate surface area is 147 Å². The molecule has 120 valence electrons. The topological polar surface area (TPSA) is 33.0 Å². The average molecular weight is 323 g/mol. The van der Waals surface area contributed by atoms with Gasteiger partial charge in [-0.15, -0.1) is 0 Å². The van der Waals surface area contributed by atoms with Crippen LogP contribution in [-0.4, -0.2) is 0 Å². The van der Waals surface area contributed by atoms with Crippen molar-refractivity contribution in [2.24, 2.45) is 5.92 Å². The highest BCUT2D eigenvalue weighted by Crippen LogP contribution is 2.65. The van der Waals surface area contributed by atoms with Crippen molar-refractivity contribution in [1.82, 2.24) is 0 Å². The minimum atomic E-state index is -0.692.